The molecule has 0 saturated carbocycles. The molecular weight excluding hydrogens is 211 g/mol. The summed E-state index contributed by atoms with van der Waals surface area (Å²) >= 11 is 1.51. The van der Waals surface area contributed by atoms with Gasteiger partial charge in [0, 0.05) is 11.1 Å². The first-order valence-corrected chi connectivity index (χ1v) is 5.46. The van der Waals surface area contributed by atoms with Crippen LogP contribution < -0.4 is 5.73 Å². The van der Waals surface area contributed by atoms with E-state index in [2.05, 4.69) is 4.98 Å². The molecule has 4 heteroatoms. The van der Waals surface area contributed by atoms with Crippen LogP contribution in [0.15, 0.2) is 29.9 Å². The highest BCUT2D eigenvalue weighted by molar-refractivity contribution is 7.09. The zero-order valence-electron chi connectivity index (χ0n) is 8.27. The summed E-state index contributed by atoms with van der Waals surface area (Å²) in [5, 5.41) is 0. The van der Waals surface area contributed by atoms with Crippen LogP contribution in [-0.4, -0.2) is 4.98 Å². The van der Waals surface area contributed by atoms with Gasteiger partial charge in [0.05, 0.1) is 11.6 Å². The molecule has 15 heavy (non-hydrogen) atoms. The summed E-state index contributed by atoms with van der Waals surface area (Å²) in [7, 11) is 0. The van der Waals surface area contributed by atoms with Crippen molar-refractivity contribution in [2.45, 2.75) is 13.0 Å². The third-order valence-corrected chi connectivity index (χ3v) is 3.16. The van der Waals surface area contributed by atoms with Gasteiger partial charge in [-0.05, 0) is 24.1 Å². The van der Waals surface area contributed by atoms with Crippen molar-refractivity contribution in [3.8, 4) is 0 Å². The lowest BCUT2D eigenvalue weighted by atomic mass is 10.0. The summed E-state index contributed by atoms with van der Waals surface area (Å²) in [6.45, 7) is 1.73. The third kappa shape index (κ3) is 2.06. The second-order valence-corrected chi connectivity index (χ2v) is 4.31. The second kappa shape index (κ2) is 4.08. The highest BCUT2D eigenvalue weighted by Gasteiger charge is 2.11. The van der Waals surface area contributed by atoms with Gasteiger partial charge in [0.1, 0.15) is 5.82 Å². The van der Waals surface area contributed by atoms with Crippen LogP contribution in [0.4, 0.5) is 4.39 Å². The highest BCUT2D eigenvalue weighted by Crippen LogP contribution is 2.23. The molecule has 1 aromatic heterocycles. The fraction of sp³-hybridized carbons (Fsp3) is 0.182. The molecule has 0 aliphatic carbocycles. The van der Waals surface area contributed by atoms with Crippen molar-refractivity contribution in [2.24, 2.45) is 5.73 Å². The molecule has 0 radical (unpaired) electrons. The molecule has 1 unspecified atom stereocenters. The van der Waals surface area contributed by atoms with Gasteiger partial charge in [0.25, 0.3) is 0 Å². The Kier molecular flexibility index (Phi) is 2.79. The number of aryl methyl sites for hydroxylation is 1. The van der Waals surface area contributed by atoms with Crippen molar-refractivity contribution >= 4 is 11.3 Å². The molecule has 0 saturated heterocycles. The third-order valence-electron chi connectivity index (χ3n) is 2.30. The summed E-state index contributed by atoms with van der Waals surface area (Å²) in [6.07, 6.45) is 1.74. The number of aromatic nitrogens is 1. The van der Waals surface area contributed by atoms with Gasteiger partial charge in [0.15, 0.2) is 0 Å². The van der Waals surface area contributed by atoms with Crippen molar-refractivity contribution in [1.29, 1.82) is 0 Å². The minimum Gasteiger partial charge on any atom is -0.320 e. The van der Waals surface area contributed by atoms with E-state index in [1.54, 1.807) is 30.8 Å². The molecule has 0 amide bonds. The molecule has 0 fully saturated rings. The van der Waals surface area contributed by atoms with Crippen LogP contribution in [0.5, 0.6) is 0 Å². The lowest BCUT2D eigenvalue weighted by Gasteiger charge is -2.10. The number of halogens is 1. The number of thiazole rings is 1. The van der Waals surface area contributed by atoms with Gasteiger partial charge in [-0.3, -0.25) is 4.98 Å². The number of nitrogens with zero attached hydrogens (tertiary/aromatic N) is 1. The zero-order chi connectivity index (χ0) is 10.8. The van der Waals surface area contributed by atoms with E-state index in [1.807, 2.05) is 0 Å². The van der Waals surface area contributed by atoms with Crippen LogP contribution in [0.1, 0.15) is 22.0 Å². The summed E-state index contributed by atoms with van der Waals surface area (Å²) in [4.78, 5) is 4.96. The quantitative estimate of drug-likeness (QED) is 0.848. The van der Waals surface area contributed by atoms with E-state index in [0.717, 1.165) is 10.4 Å². The van der Waals surface area contributed by atoms with Crippen molar-refractivity contribution in [3.63, 3.8) is 0 Å². The van der Waals surface area contributed by atoms with Crippen LogP contribution in [0, 0.1) is 12.7 Å². The lowest BCUT2D eigenvalue weighted by molar-refractivity contribution is 0.617. The van der Waals surface area contributed by atoms with E-state index >= 15 is 0 Å². The molecule has 0 spiro atoms. The highest BCUT2D eigenvalue weighted by atomic mass is 32.1. The fourth-order valence-electron chi connectivity index (χ4n) is 1.40. The number of rotatable bonds is 2. The summed E-state index contributed by atoms with van der Waals surface area (Å²) in [5.41, 5.74) is 9.30. The van der Waals surface area contributed by atoms with Gasteiger partial charge in [-0.1, -0.05) is 12.1 Å². The van der Waals surface area contributed by atoms with Crippen molar-refractivity contribution in [2.75, 3.05) is 0 Å². The molecule has 2 nitrogen and oxygen atoms in total. The van der Waals surface area contributed by atoms with E-state index in [0.29, 0.717) is 5.56 Å². The van der Waals surface area contributed by atoms with Crippen LogP contribution in [0.3, 0.4) is 0 Å². The summed E-state index contributed by atoms with van der Waals surface area (Å²) in [5.74, 6) is -0.199. The monoisotopic (exact) mass is 222 g/mol. The maximum atomic E-state index is 13.1. The molecule has 0 bridgehead atoms. The number of nitrogens with two attached hydrogens (primary N) is 1. The average Bonchev–Trinajstić information content (AvgIpc) is 2.74. The predicted octanol–water partition coefficient (Wildman–Crippen LogP) is 2.64. The Bertz CT molecular complexity index is 454. The lowest BCUT2D eigenvalue weighted by Crippen LogP contribution is -2.10. The van der Waals surface area contributed by atoms with Gasteiger partial charge >= 0.3 is 0 Å². The van der Waals surface area contributed by atoms with E-state index in [1.165, 1.54) is 17.4 Å². The van der Waals surface area contributed by atoms with Gasteiger partial charge in [-0.25, -0.2) is 4.39 Å². The van der Waals surface area contributed by atoms with Crippen LogP contribution in [0.25, 0.3) is 0 Å². The molecule has 1 aromatic carbocycles. The molecular formula is C11H11FN2S. The Morgan fingerprint density at radius 2 is 2.27 bits per heavy atom. The number of hydrogen-bond acceptors (Lipinski definition) is 3. The van der Waals surface area contributed by atoms with Crippen molar-refractivity contribution in [3.05, 3.63) is 51.7 Å². The van der Waals surface area contributed by atoms with Crippen molar-refractivity contribution < 1.29 is 4.39 Å². The molecule has 0 aliphatic heterocycles. The number of benzene rings is 1. The van der Waals surface area contributed by atoms with Gasteiger partial charge in [-0.15, -0.1) is 11.3 Å². The van der Waals surface area contributed by atoms with Gasteiger partial charge in [0.2, 0.25) is 0 Å². The summed E-state index contributed by atoms with van der Waals surface area (Å²) in [6, 6.07) is 4.73. The molecule has 2 rings (SSSR count). The Morgan fingerprint density at radius 3 is 2.87 bits per heavy atom. The maximum absolute atomic E-state index is 13.1. The topological polar surface area (TPSA) is 38.9 Å². The zero-order valence-corrected chi connectivity index (χ0v) is 9.09. The molecule has 78 valence electrons. The minimum atomic E-state index is -0.211. The van der Waals surface area contributed by atoms with Crippen LogP contribution in [-0.2, 0) is 0 Å². The van der Waals surface area contributed by atoms with Crippen LogP contribution in [0.2, 0.25) is 0 Å². The van der Waals surface area contributed by atoms with Gasteiger partial charge in [-0.2, -0.15) is 0 Å². The Morgan fingerprint density at radius 1 is 1.47 bits per heavy atom. The Balaban J connectivity index is 2.34. The first kappa shape index (κ1) is 10.3. The Labute approximate surface area is 91.6 Å². The van der Waals surface area contributed by atoms with Crippen molar-refractivity contribution in [1.82, 2.24) is 4.98 Å². The van der Waals surface area contributed by atoms with Crippen LogP contribution >= 0.6 is 11.3 Å². The normalized spacial score (nSPS) is 12.7. The smallest absolute Gasteiger partial charge is 0.126 e. The molecule has 1 atom stereocenters. The molecule has 1 heterocycles. The number of hydrogen-bond donors (Lipinski definition) is 1. The van der Waals surface area contributed by atoms with E-state index in [-0.39, 0.29) is 11.9 Å². The maximum Gasteiger partial charge on any atom is 0.126 e. The fourth-order valence-corrected chi connectivity index (χ4v) is 2.05. The van der Waals surface area contributed by atoms with E-state index < -0.39 is 0 Å². The average molecular weight is 222 g/mol. The Hall–Kier alpha value is -1.26. The standard InChI is InChI=1S/C11H11FN2S/c1-7-4-8(2-3-9(7)12)11(13)10-5-14-6-15-10/h2-6,11H,13H2,1H3. The molecule has 0 aliphatic rings. The minimum absolute atomic E-state index is 0.199. The SMILES string of the molecule is Cc1cc(C(N)c2cncs2)ccc1F. The molecule has 2 N–H and O–H groups in total. The first-order chi connectivity index (χ1) is 7.18. The van der Waals surface area contributed by atoms with E-state index in [4.69, 9.17) is 5.73 Å². The molecule has 2 aromatic rings. The largest absolute Gasteiger partial charge is 0.320 e. The van der Waals surface area contributed by atoms with E-state index in [9.17, 15) is 4.39 Å². The first-order valence-electron chi connectivity index (χ1n) is 4.58. The second-order valence-electron chi connectivity index (χ2n) is 3.39. The van der Waals surface area contributed by atoms with Gasteiger partial charge < -0.3 is 5.73 Å². The summed E-state index contributed by atoms with van der Waals surface area (Å²) < 4.78 is 13.1. The predicted molar refractivity (Wildman–Crippen MR) is 59.3 cm³/mol.